The van der Waals surface area contributed by atoms with Crippen LogP contribution in [-0.4, -0.2) is 49.5 Å². The molecule has 6 rings (SSSR count). The second-order valence-corrected chi connectivity index (χ2v) is 10.4. The van der Waals surface area contributed by atoms with Crippen molar-refractivity contribution in [2.45, 2.75) is 65.0 Å². The van der Waals surface area contributed by atoms with Crippen LogP contribution in [0.1, 0.15) is 56.2 Å². The van der Waals surface area contributed by atoms with Crippen LogP contribution in [0.2, 0.25) is 0 Å². The fraction of sp³-hybridized carbons (Fsp3) is 0.448. The second kappa shape index (κ2) is 10.1. The average Bonchev–Trinajstić information content (AvgIpc) is 3.52. The number of pyridine rings is 1. The van der Waals surface area contributed by atoms with Crippen molar-refractivity contribution in [1.82, 2.24) is 24.5 Å². The normalized spacial score (nSPS) is 17.2. The summed E-state index contributed by atoms with van der Waals surface area (Å²) in [4.78, 5) is 23.3. The van der Waals surface area contributed by atoms with Gasteiger partial charge in [0.2, 0.25) is 17.7 Å². The van der Waals surface area contributed by atoms with Crippen molar-refractivity contribution >= 4 is 17.2 Å². The Labute approximate surface area is 217 Å². The quantitative estimate of drug-likeness (QED) is 0.355. The minimum absolute atomic E-state index is 0.0470. The largest absolute Gasteiger partial charge is 0.421 e. The Balaban J connectivity index is 1.24. The van der Waals surface area contributed by atoms with E-state index in [0.717, 1.165) is 60.1 Å². The Morgan fingerprint density at radius 1 is 1.11 bits per heavy atom. The monoisotopic (exact) mass is 498 g/mol. The topological polar surface area (TPSA) is 79.8 Å². The number of hydrogen-bond donors (Lipinski definition) is 0. The molecule has 0 unspecified atom stereocenters. The van der Waals surface area contributed by atoms with Crippen LogP contribution in [0.3, 0.4) is 0 Å². The zero-order valence-electron chi connectivity index (χ0n) is 21.6. The van der Waals surface area contributed by atoms with Gasteiger partial charge in [0, 0.05) is 42.0 Å². The Kier molecular flexibility index (Phi) is 6.50. The highest BCUT2D eigenvalue weighted by atomic mass is 16.4. The molecule has 0 spiro atoms. The highest BCUT2D eigenvalue weighted by Crippen LogP contribution is 2.31. The number of hydrogen-bond acceptors (Lipinski definition) is 6. The minimum Gasteiger partial charge on any atom is -0.421 e. The minimum atomic E-state index is 0.0470. The highest BCUT2D eigenvalue weighted by molar-refractivity contribution is 5.95. The molecule has 0 N–H and O–H groups in total. The number of likely N-dealkylation sites (tertiary alicyclic amines) is 1. The number of aromatic nitrogens is 4. The van der Waals surface area contributed by atoms with E-state index in [1.807, 2.05) is 52.9 Å². The molecular weight excluding hydrogens is 464 g/mol. The molecule has 0 bridgehead atoms. The summed E-state index contributed by atoms with van der Waals surface area (Å²) in [5.41, 5.74) is 4.54. The number of imidazole rings is 1. The van der Waals surface area contributed by atoms with Crippen LogP contribution in [0, 0.1) is 12.8 Å². The van der Waals surface area contributed by atoms with Gasteiger partial charge in [-0.3, -0.25) is 4.79 Å². The molecule has 1 saturated carbocycles. The number of carbonyl (C=O) groups is 1. The Morgan fingerprint density at radius 3 is 2.65 bits per heavy atom. The smallest absolute Gasteiger partial charge is 0.247 e. The third kappa shape index (κ3) is 4.90. The van der Waals surface area contributed by atoms with Gasteiger partial charge in [-0.25, -0.2) is 4.98 Å². The Hall–Kier alpha value is -3.52. The molecule has 1 aromatic carbocycles. The van der Waals surface area contributed by atoms with Crippen LogP contribution >= 0.6 is 0 Å². The first-order valence-corrected chi connectivity index (χ1v) is 13.5. The first-order valence-electron chi connectivity index (χ1n) is 13.5. The zero-order chi connectivity index (χ0) is 25.4. The Bertz CT molecular complexity index is 1400. The van der Waals surface area contributed by atoms with Gasteiger partial charge >= 0.3 is 0 Å². The van der Waals surface area contributed by atoms with Gasteiger partial charge in [0.05, 0.1) is 12.2 Å². The fourth-order valence-electron chi connectivity index (χ4n) is 5.49. The van der Waals surface area contributed by atoms with E-state index in [9.17, 15) is 4.79 Å². The Morgan fingerprint density at radius 2 is 1.95 bits per heavy atom. The van der Waals surface area contributed by atoms with Crippen LogP contribution in [0.25, 0.3) is 17.1 Å². The summed E-state index contributed by atoms with van der Waals surface area (Å²) in [6.07, 6.45) is 10.5. The van der Waals surface area contributed by atoms with Gasteiger partial charge in [-0.1, -0.05) is 25.5 Å². The molecule has 37 heavy (non-hydrogen) atoms. The molecule has 8 heteroatoms. The molecule has 3 aromatic heterocycles. The summed E-state index contributed by atoms with van der Waals surface area (Å²) in [7, 11) is 0. The molecule has 1 saturated heterocycles. The van der Waals surface area contributed by atoms with E-state index < -0.39 is 0 Å². The lowest BCUT2D eigenvalue weighted by Crippen LogP contribution is -2.48. The zero-order valence-corrected chi connectivity index (χ0v) is 21.6. The molecular formula is C29H34N6O2. The highest BCUT2D eigenvalue weighted by Gasteiger charge is 2.33. The summed E-state index contributed by atoms with van der Waals surface area (Å²) >= 11 is 0. The van der Waals surface area contributed by atoms with Gasteiger partial charge in [-0.2, -0.15) is 0 Å². The molecule has 1 aliphatic carbocycles. The van der Waals surface area contributed by atoms with E-state index in [4.69, 9.17) is 9.40 Å². The first kappa shape index (κ1) is 23.9. The van der Waals surface area contributed by atoms with Crippen LogP contribution in [0.15, 0.2) is 53.2 Å². The predicted molar refractivity (Wildman–Crippen MR) is 142 cm³/mol. The van der Waals surface area contributed by atoms with Crippen molar-refractivity contribution in [3.8, 4) is 11.5 Å². The predicted octanol–water partition coefficient (Wildman–Crippen LogP) is 5.05. The van der Waals surface area contributed by atoms with Crippen LogP contribution < -0.4 is 4.90 Å². The average molecular weight is 499 g/mol. The SMILES string of the molecule is CCc1nnc(-c2ccn3cc(CN(C(=O)C4CCN(C5CCC5)CC4)c4cccc(C)c4)nc3c2)o1. The third-order valence-electron chi connectivity index (χ3n) is 7.90. The van der Waals surface area contributed by atoms with Crippen LogP contribution in [-0.2, 0) is 17.8 Å². The number of carbonyl (C=O) groups excluding carboxylic acids is 1. The molecule has 2 fully saturated rings. The summed E-state index contributed by atoms with van der Waals surface area (Å²) < 4.78 is 7.70. The van der Waals surface area contributed by atoms with Crippen LogP contribution in [0.4, 0.5) is 5.69 Å². The third-order valence-corrected chi connectivity index (χ3v) is 7.90. The van der Waals surface area contributed by atoms with Crippen molar-refractivity contribution in [3.63, 3.8) is 0 Å². The van der Waals surface area contributed by atoms with Crippen molar-refractivity contribution in [3.05, 3.63) is 65.9 Å². The lowest BCUT2D eigenvalue weighted by molar-refractivity contribution is -0.124. The first-order chi connectivity index (χ1) is 18.1. The van der Waals surface area contributed by atoms with E-state index in [2.05, 4.69) is 34.2 Å². The molecule has 4 aromatic rings. The number of benzene rings is 1. The number of anilines is 1. The number of nitrogens with zero attached hydrogens (tertiary/aromatic N) is 6. The van der Waals surface area contributed by atoms with Crippen molar-refractivity contribution < 1.29 is 9.21 Å². The lowest BCUT2D eigenvalue weighted by atomic mass is 9.87. The molecule has 0 atom stereocenters. The lowest BCUT2D eigenvalue weighted by Gasteiger charge is -2.42. The number of fused-ring (bicyclic) bond motifs is 1. The standard InChI is InChI=1S/C29H34N6O2/c1-3-27-31-32-28(37-27)22-12-15-34-18-23(30-26(34)17-22)19-35(25-9-4-6-20(2)16-25)29(36)21-10-13-33(14-11-21)24-7-5-8-24/h4,6,9,12,15-18,21,24H,3,5,7-8,10-11,13-14,19H2,1-2H3. The van der Waals surface area contributed by atoms with E-state index in [1.54, 1.807) is 0 Å². The summed E-state index contributed by atoms with van der Waals surface area (Å²) in [5.74, 6) is 1.36. The molecule has 4 heterocycles. The van der Waals surface area contributed by atoms with Gasteiger partial charge < -0.3 is 18.6 Å². The van der Waals surface area contributed by atoms with Crippen molar-refractivity contribution in [2.24, 2.45) is 5.92 Å². The summed E-state index contributed by atoms with van der Waals surface area (Å²) in [5, 5.41) is 8.23. The van der Waals surface area contributed by atoms with Gasteiger partial charge in [-0.15, -0.1) is 10.2 Å². The number of aryl methyl sites for hydroxylation is 2. The van der Waals surface area contributed by atoms with E-state index in [-0.39, 0.29) is 11.8 Å². The maximum absolute atomic E-state index is 13.9. The molecule has 2 aliphatic rings. The van der Waals surface area contributed by atoms with Gasteiger partial charge in [0.15, 0.2) is 0 Å². The van der Waals surface area contributed by atoms with Gasteiger partial charge in [0.25, 0.3) is 0 Å². The van der Waals surface area contributed by atoms with Crippen molar-refractivity contribution in [1.29, 1.82) is 0 Å². The van der Waals surface area contributed by atoms with Crippen molar-refractivity contribution in [2.75, 3.05) is 18.0 Å². The van der Waals surface area contributed by atoms with E-state index in [1.165, 1.54) is 19.3 Å². The molecule has 8 nitrogen and oxygen atoms in total. The fourth-order valence-corrected chi connectivity index (χ4v) is 5.49. The van der Waals surface area contributed by atoms with Gasteiger partial charge in [0.1, 0.15) is 5.65 Å². The molecule has 1 aliphatic heterocycles. The molecule has 1 amide bonds. The summed E-state index contributed by atoms with van der Waals surface area (Å²) in [6, 6.07) is 12.9. The number of rotatable bonds is 7. The van der Waals surface area contributed by atoms with E-state index in [0.29, 0.717) is 24.7 Å². The van der Waals surface area contributed by atoms with Crippen LogP contribution in [0.5, 0.6) is 0 Å². The number of piperidine rings is 1. The maximum Gasteiger partial charge on any atom is 0.247 e. The molecule has 192 valence electrons. The van der Waals surface area contributed by atoms with E-state index >= 15 is 0 Å². The maximum atomic E-state index is 13.9. The molecule has 0 radical (unpaired) electrons. The summed E-state index contributed by atoms with van der Waals surface area (Å²) in [6.45, 7) is 6.53. The van der Waals surface area contributed by atoms with Gasteiger partial charge in [-0.05, 0) is 75.5 Å². The second-order valence-electron chi connectivity index (χ2n) is 10.4. The number of amides is 1.